The zero-order valence-electron chi connectivity index (χ0n) is 21.5. The largest absolute Gasteiger partial charge is 0.507 e. The van der Waals surface area contributed by atoms with Crippen molar-refractivity contribution in [1.82, 2.24) is 0 Å². The number of rotatable bonds is 3. The van der Waals surface area contributed by atoms with E-state index >= 15 is 0 Å². The third-order valence-electron chi connectivity index (χ3n) is 8.37. The van der Waals surface area contributed by atoms with Crippen LogP contribution in [0.1, 0.15) is 29.5 Å². The van der Waals surface area contributed by atoms with Crippen LogP contribution in [0.4, 0.5) is 18.9 Å². The molecule has 2 aromatic rings. The fourth-order valence-electron chi connectivity index (χ4n) is 6.43. The van der Waals surface area contributed by atoms with Crippen LogP contribution in [0, 0.1) is 17.8 Å². The number of alkyl halides is 3. The fourth-order valence-corrected chi connectivity index (χ4v) is 6.43. The monoisotopic (exact) mass is 560 g/mol. The van der Waals surface area contributed by atoms with Crippen LogP contribution in [-0.4, -0.2) is 63.7 Å². The van der Waals surface area contributed by atoms with E-state index in [1.807, 2.05) is 0 Å². The Morgan fingerprint density at radius 3 is 2.27 bits per heavy atom. The van der Waals surface area contributed by atoms with Crippen LogP contribution in [0.5, 0.6) is 5.75 Å². The molecular formula is C28H27F3N2O7. The highest BCUT2D eigenvalue weighted by Crippen LogP contribution is 2.54. The number of phenols is 1. The predicted molar refractivity (Wildman–Crippen MR) is 136 cm³/mol. The van der Waals surface area contributed by atoms with Gasteiger partial charge in [-0.25, -0.2) is 0 Å². The lowest BCUT2D eigenvalue weighted by molar-refractivity contribution is -0.174. The maximum Gasteiger partial charge on any atom is 0.416 e. The molecule has 212 valence electrons. The van der Waals surface area contributed by atoms with Crippen molar-refractivity contribution in [2.45, 2.75) is 37.1 Å². The van der Waals surface area contributed by atoms with Crippen LogP contribution >= 0.6 is 0 Å². The van der Waals surface area contributed by atoms with Crippen molar-refractivity contribution in [3.63, 3.8) is 0 Å². The summed E-state index contributed by atoms with van der Waals surface area (Å²) in [5, 5.41) is 44.5. The summed E-state index contributed by atoms with van der Waals surface area (Å²) in [6.07, 6.45) is -6.15. The molecule has 2 saturated carbocycles. The third-order valence-corrected chi connectivity index (χ3v) is 8.37. The van der Waals surface area contributed by atoms with Crippen molar-refractivity contribution in [3.05, 3.63) is 52.6 Å². The molecule has 0 bridgehead atoms. The van der Waals surface area contributed by atoms with Crippen molar-refractivity contribution in [2.24, 2.45) is 23.5 Å². The summed E-state index contributed by atoms with van der Waals surface area (Å²) >= 11 is 0. The van der Waals surface area contributed by atoms with E-state index in [0.29, 0.717) is 11.3 Å². The number of fused-ring (bicyclic) bond motifs is 3. The molecule has 1 amide bonds. The number of amides is 1. The number of hydrogen-bond acceptors (Lipinski definition) is 8. The second-order valence-electron chi connectivity index (χ2n) is 10.9. The van der Waals surface area contributed by atoms with Crippen molar-refractivity contribution in [2.75, 3.05) is 19.0 Å². The highest BCUT2D eigenvalue weighted by atomic mass is 19.4. The van der Waals surface area contributed by atoms with E-state index < -0.39 is 70.2 Å². The van der Waals surface area contributed by atoms with E-state index in [4.69, 9.17) is 5.73 Å². The van der Waals surface area contributed by atoms with E-state index in [0.717, 1.165) is 12.1 Å². The molecule has 0 aromatic heterocycles. The summed E-state index contributed by atoms with van der Waals surface area (Å²) in [6.45, 7) is 0. The maximum atomic E-state index is 13.7. The van der Waals surface area contributed by atoms with Gasteiger partial charge in [0.25, 0.3) is 0 Å². The number of aromatic hydroxyl groups is 1. The molecule has 0 heterocycles. The Morgan fingerprint density at radius 1 is 1.10 bits per heavy atom. The summed E-state index contributed by atoms with van der Waals surface area (Å²) in [4.78, 5) is 40.4. The van der Waals surface area contributed by atoms with Gasteiger partial charge in [0.15, 0.2) is 11.4 Å². The zero-order valence-corrected chi connectivity index (χ0v) is 21.5. The summed E-state index contributed by atoms with van der Waals surface area (Å²) in [7, 11) is 3.40. The van der Waals surface area contributed by atoms with Crippen molar-refractivity contribution in [3.8, 4) is 16.9 Å². The van der Waals surface area contributed by atoms with Gasteiger partial charge < -0.3 is 31.1 Å². The number of Topliss-reactive ketones (excluding diaryl/α,β-unsaturated/α-hetero) is 2. The lowest BCUT2D eigenvalue weighted by Gasteiger charge is -2.48. The number of halogens is 3. The molecule has 5 atom stereocenters. The molecule has 5 rings (SSSR count). The minimum Gasteiger partial charge on any atom is -0.507 e. The third kappa shape index (κ3) is 3.88. The molecule has 0 radical (unpaired) electrons. The van der Waals surface area contributed by atoms with Gasteiger partial charge in [-0.15, -0.1) is 0 Å². The Kier molecular flexibility index (Phi) is 6.27. The van der Waals surface area contributed by atoms with Crippen molar-refractivity contribution < 1.29 is 48.0 Å². The molecule has 40 heavy (non-hydrogen) atoms. The molecule has 9 nitrogen and oxygen atoms in total. The minimum atomic E-state index is -4.57. The summed E-state index contributed by atoms with van der Waals surface area (Å²) < 4.78 is 39.3. The summed E-state index contributed by atoms with van der Waals surface area (Å²) in [6, 6.07) is 5.64. The van der Waals surface area contributed by atoms with Gasteiger partial charge in [-0.3, -0.25) is 14.4 Å². The molecule has 2 unspecified atom stereocenters. The van der Waals surface area contributed by atoms with E-state index in [1.54, 1.807) is 25.1 Å². The Bertz CT molecular complexity index is 1480. The van der Waals surface area contributed by atoms with Crippen LogP contribution in [0.15, 0.2) is 35.9 Å². The average molecular weight is 561 g/mol. The number of aliphatic hydroxyl groups excluding tert-OH is 2. The number of phenolic OH excluding ortho intramolecular Hbond substituents is 1. The standard InChI is InChI=1S/C28H27F3N2O7/c1-33(2)17-10-15(11-3-5-13(6-4-11)28(29,30)31)22(35)20-16(17)8-12-7-14-9-18(34)21(26(32)39)25(38)27(14,40)24(37)19(12)23(20)36/h3-6,10,12,14,18,21,34-36,40H,7-9H2,1-2H3,(H2,32,39)/t12-,14+,18?,21?,27+/m1/s1. The van der Waals surface area contributed by atoms with Gasteiger partial charge in [0, 0.05) is 36.8 Å². The molecule has 0 spiro atoms. The molecule has 3 aliphatic rings. The number of carbonyl (C=O) groups is 3. The lowest BCUT2D eigenvalue weighted by atomic mass is 9.56. The van der Waals surface area contributed by atoms with Gasteiger partial charge in [-0.2, -0.15) is 13.2 Å². The van der Waals surface area contributed by atoms with Gasteiger partial charge in [-0.1, -0.05) is 12.1 Å². The first kappa shape index (κ1) is 27.7. The SMILES string of the molecule is CN(C)c1cc(-c2ccc(C(F)(F)F)cc2)c(O)c2c1C[C@H]1C[C@H]3CC(O)C(C(N)=O)C(=O)[C@@]3(O)C(=O)C1=C2O. The van der Waals surface area contributed by atoms with Crippen LogP contribution < -0.4 is 10.6 Å². The number of nitrogens with two attached hydrogens (primary N) is 1. The number of ketones is 2. The Hall–Kier alpha value is -3.90. The van der Waals surface area contributed by atoms with Crippen LogP contribution in [0.3, 0.4) is 0 Å². The fraction of sp³-hybridized carbons (Fsp3) is 0.393. The van der Waals surface area contributed by atoms with Crippen LogP contribution in [0.25, 0.3) is 16.9 Å². The van der Waals surface area contributed by atoms with Gasteiger partial charge >= 0.3 is 6.18 Å². The Labute approximate surface area is 226 Å². The quantitative estimate of drug-likeness (QED) is 0.358. The zero-order chi connectivity index (χ0) is 29.5. The van der Waals surface area contributed by atoms with Gasteiger partial charge in [0.2, 0.25) is 11.7 Å². The maximum absolute atomic E-state index is 13.7. The smallest absolute Gasteiger partial charge is 0.416 e. The normalized spacial score (nSPS) is 28.1. The molecule has 6 N–H and O–H groups in total. The summed E-state index contributed by atoms with van der Waals surface area (Å²) in [5.74, 6) is -8.27. The first-order chi connectivity index (χ1) is 18.6. The molecule has 2 fully saturated rings. The number of anilines is 1. The van der Waals surface area contributed by atoms with Gasteiger partial charge in [0.05, 0.1) is 17.2 Å². The van der Waals surface area contributed by atoms with E-state index in [2.05, 4.69) is 0 Å². The predicted octanol–water partition coefficient (Wildman–Crippen LogP) is 2.34. The minimum absolute atomic E-state index is 0.0175. The number of benzene rings is 2. The average Bonchev–Trinajstić information content (AvgIpc) is 2.85. The van der Waals surface area contributed by atoms with Crippen LogP contribution in [-0.2, 0) is 27.0 Å². The number of carbonyl (C=O) groups excluding carboxylic acids is 3. The van der Waals surface area contributed by atoms with E-state index in [-0.39, 0.29) is 41.5 Å². The molecule has 0 saturated heterocycles. The van der Waals surface area contributed by atoms with Gasteiger partial charge in [-0.05, 0) is 54.5 Å². The molecular weight excluding hydrogens is 533 g/mol. The highest BCUT2D eigenvalue weighted by molar-refractivity contribution is 6.24. The number of nitrogens with zero attached hydrogens (tertiary/aromatic N) is 1. The van der Waals surface area contributed by atoms with Gasteiger partial charge in [0.1, 0.15) is 17.4 Å². The molecule has 3 aliphatic carbocycles. The first-order valence-corrected chi connectivity index (χ1v) is 12.5. The van der Waals surface area contributed by atoms with Crippen molar-refractivity contribution >= 4 is 28.9 Å². The first-order valence-electron chi connectivity index (χ1n) is 12.5. The molecule has 2 aromatic carbocycles. The Balaban J connectivity index is 1.68. The second kappa shape index (κ2) is 9.07. The van der Waals surface area contributed by atoms with E-state index in [1.165, 1.54) is 12.1 Å². The van der Waals surface area contributed by atoms with E-state index in [9.17, 15) is 48.0 Å². The molecule has 0 aliphatic heterocycles. The Morgan fingerprint density at radius 2 is 1.73 bits per heavy atom. The molecule has 12 heteroatoms. The highest BCUT2D eigenvalue weighted by Gasteiger charge is 2.64. The second-order valence-corrected chi connectivity index (χ2v) is 10.9. The van der Waals surface area contributed by atoms with Crippen molar-refractivity contribution in [1.29, 1.82) is 0 Å². The number of primary amides is 1. The number of aliphatic hydroxyl groups is 3. The lowest BCUT2D eigenvalue weighted by Crippen LogP contribution is -2.66. The van der Waals surface area contributed by atoms with Crippen LogP contribution in [0.2, 0.25) is 0 Å². The topological polar surface area (TPSA) is 161 Å². The summed E-state index contributed by atoms with van der Waals surface area (Å²) in [5.41, 5.74) is 2.51. The number of hydrogen-bond donors (Lipinski definition) is 5.